The van der Waals surface area contributed by atoms with Crippen molar-refractivity contribution >= 4 is 23.6 Å². The number of rotatable bonds is 9. The van der Waals surface area contributed by atoms with Crippen LogP contribution in [0.25, 0.3) is 6.08 Å². The first kappa shape index (κ1) is 24.4. The molecule has 1 saturated heterocycles. The van der Waals surface area contributed by atoms with Gasteiger partial charge < -0.3 is 15.0 Å². The Balaban J connectivity index is 1.46. The summed E-state index contributed by atoms with van der Waals surface area (Å²) in [5, 5.41) is 2.96. The van der Waals surface area contributed by atoms with Crippen molar-refractivity contribution in [3.05, 3.63) is 107 Å². The number of hydrogen-bond acceptors (Lipinski definition) is 3. The van der Waals surface area contributed by atoms with E-state index in [1.165, 1.54) is 0 Å². The van der Waals surface area contributed by atoms with Gasteiger partial charge in [0.25, 0.3) is 5.91 Å². The molecule has 0 unspecified atom stereocenters. The molecule has 1 aliphatic rings. The topological polar surface area (TPSA) is 58.6 Å². The minimum atomic E-state index is -0.0996. The summed E-state index contributed by atoms with van der Waals surface area (Å²) in [4.78, 5) is 27.4. The predicted molar refractivity (Wildman–Crippen MR) is 140 cm³/mol. The summed E-state index contributed by atoms with van der Waals surface area (Å²) in [6.45, 7) is 3.84. The Morgan fingerprint density at radius 3 is 2.51 bits per heavy atom. The number of aryl methyl sites for hydroxylation is 1. The van der Waals surface area contributed by atoms with Crippen LogP contribution < -0.4 is 10.2 Å². The van der Waals surface area contributed by atoms with Crippen LogP contribution >= 0.6 is 0 Å². The summed E-state index contributed by atoms with van der Waals surface area (Å²) in [6, 6.07) is 25.6. The number of anilines is 1. The van der Waals surface area contributed by atoms with Gasteiger partial charge in [-0.05, 0) is 54.7 Å². The second-order valence-electron chi connectivity index (χ2n) is 8.94. The second-order valence-corrected chi connectivity index (χ2v) is 8.94. The van der Waals surface area contributed by atoms with Gasteiger partial charge in [0.1, 0.15) is 0 Å². The molecule has 3 aromatic carbocycles. The van der Waals surface area contributed by atoms with Crippen LogP contribution in [-0.2, 0) is 27.3 Å². The molecule has 5 heteroatoms. The average Bonchev–Trinajstić information content (AvgIpc) is 3.40. The third kappa shape index (κ3) is 7.39. The zero-order valence-electron chi connectivity index (χ0n) is 20.2. The van der Waals surface area contributed by atoms with Gasteiger partial charge in [0.2, 0.25) is 5.91 Å². The van der Waals surface area contributed by atoms with Crippen molar-refractivity contribution in [1.82, 2.24) is 5.32 Å². The van der Waals surface area contributed by atoms with E-state index in [1.807, 2.05) is 85.8 Å². The van der Waals surface area contributed by atoms with Crippen LogP contribution in [0.4, 0.5) is 5.69 Å². The van der Waals surface area contributed by atoms with E-state index < -0.39 is 0 Å². The fourth-order valence-electron chi connectivity index (χ4n) is 4.19. The van der Waals surface area contributed by atoms with Crippen molar-refractivity contribution in [3.63, 3.8) is 0 Å². The van der Waals surface area contributed by atoms with Gasteiger partial charge in [-0.25, -0.2) is 0 Å². The maximum absolute atomic E-state index is 13.2. The molecule has 0 spiro atoms. The molecule has 1 heterocycles. The van der Waals surface area contributed by atoms with Crippen molar-refractivity contribution in [2.45, 2.75) is 38.8 Å². The van der Waals surface area contributed by atoms with Gasteiger partial charge in [-0.15, -0.1) is 0 Å². The summed E-state index contributed by atoms with van der Waals surface area (Å²) >= 11 is 0. The number of carbonyl (C=O) groups excluding carboxylic acids is 2. The molecule has 1 fully saturated rings. The fourth-order valence-corrected chi connectivity index (χ4v) is 4.19. The summed E-state index contributed by atoms with van der Waals surface area (Å²) in [6.07, 6.45) is 5.92. The van der Waals surface area contributed by atoms with Crippen molar-refractivity contribution < 1.29 is 14.3 Å². The number of benzene rings is 3. The highest BCUT2D eigenvalue weighted by Crippen LogP contribution is 2.20. The van der Waals surface area contributed by atoms with E-state index >= 15 is 0 Å². The largest absolute Gasteiger partial charge is 0.376 e. The lowest BCUT2D eigenvalue weighted by Gasteiger charge is -2.22. The Labute approximate surface area is 207 Å². The number of nitrogens with one attached hydrogen (secondary N) is 1. The number of hydrogen-bond donors (Lipinski definition) is 1. The Morgan fingerprint density at radius 2 is 1.80 bits per heavy atom. The van der Waals surface area contributed by atoms with E-state index in [0.717, 1.165) is 47.4 Å². The molecular formula is C30H32N2O3. The normalized spacial score (nSPS) is 15.3. The predicted octanol–water partition coefficient (Wildman–Crippen LogP) is 5.08. The van der Waals surface area contributed by atoms with Gasteiger partial charge in [0.15, 0.2) is 0 Å². The molecule has 1 N–H and O–H groups in total. The third-order valence-electron chi connectivity index (χ3n) is 6.07. The fraction of sp³-hybridized carbons (Fsp3) is 0.267. The van der Waals surface area contributed by atoms with Crippen molar-refractivity contribution in [1.29, 1.82) is 0 Å². The number of amides is 2. The Morgan fingerprint density at radius 1 is 1.00 bits per heavy atom. The second kappa shape index (κ2) is 12.1. The standard InChI is InChI=1S/C30H32N2O3/c1-23-7-5-10-26(19-23)22-32(30(34)17-14-24-8-3-2-4-9-24)27-15-12-25(13-16-27)20-29(33)31-21-28-11-6-18-35-28/h2-5,7-10,12-17,19,28H,6,11,18,20-22H2,1H3,(H,31,33)/b17-14+/t28-/m0/s1. The molecule has 0 saturated carbocycles. The minimum absolute atomic E-state index is 0.0215. The molecule has 1 aliphatic heterocycles. The van der Waals surface area contributed by atoms with E-state index in [9.17, 15) is 9.59 Å². The van der Waals surface area contributed by atoms with Crippen LogP contribution in [0.5, 0.6) is 0 Å². The van der Waals surface area contributed by atoms with Gasteiger partial charge in [-0.1, -0.05) is 72.3 Å². The first-order chi connectivity index (χ1) is 17.1. The zero-order valence-corrected chi connectivity index (χ0v) is 20.2. The molecule has 4 rings (SSSR count). The molecule has 3 aromatic rings. The van der Waals surface area contributed by atoms with Crippen LogP contribution in [0.3, 0.4) is 0 Å². The highest BCUT2D eigenvalue weighted by Gasteiger charge is 2.17. The van der Waals surface area contributed by atoms with Gasteiger partial charge in [-0.3, -0.25) is 9.59 Å². The van der Waals surface area contributed by atoms with Crippen LogP contribution in [0.2, 0.25) is 0 Å². The van der Waals surface area contributed by atoms with Gasteiger partial charge >= 0.3 is 0 Å². The molecule has 2 amide bonds. The first-order valence-corrected chi connectivity index (χ1v) is 12.1. The van der Waals surface area contributed by atoms with Crippen molar-refractivity contribution in [2.75, 3.05) is 18.1 Å². The lowest BCUT2D eigenvalue weighted by atomic mass is 10.1. The molecule has 35 heavy (non-hydrogen) atoms. The quantitative estimate of drug-likeness (QED) is 0.446. The number of nitrogens with zero attached hydrogens (tertiary/aromatic N) is 1. The first-order valence-electron chi connectivity index (χ1n) is 12.1. The summed E-state index contributed by atoms with van der Waals surface area (Å²) < 4.78 is 5.56. The molecule has 180 valence electrons. The van der Waals surface area contributed by atoms with Gasteiger partial charge in [-0.2, -0.15) is 0 Å². The van der Waals surface area contributed by atoms with Crippen LogP contribution in [0.15, 0.2) is 84.9 Å². The van der Waals surface area contributed by atoms with E-state index in [-0.39, 0.29) is 17.9 Å². The van der Waals surface area contributed by atoms with Crippen LogP contribution in [-0.4, -0.2) is 31.1 Å². The maximum atomic E-state index is 13.2. The maximum Gasteiger partial charge on any atom is 0.251 e. The van der Waals surface area contributed by atoms with Gasteiger partial charge in [0.05, 0.1) is 19.1 Å². The molecule has 5 nitrogen and oxygen atoms in total. The summed E-state index contributed by atoms with van der Waals surface area (Å²) in [7, 11) is 0. The highest BCUT2D eigenvalue weighted by molar-refractivity contribution is 6.03. The minimum Gasteiger partial charge on any atom is -0.376 e. The van der Waals surface area contributed by atoms with Crippen LogP contribution in [0.1, 0.15) is 35.1 Å². The number of ether oxygens (including phenoxy) is 1. The zero-order chi connectivity index (χ0) is 24.5. The van der Waals surface area contributed by atoms with Gasteiger partial charge in [0, 0.05) is 24.9 Å². The van der Waals surface area contributed by atoms with Crippen LogP contribution in [0, 0.1) is 6.92 Å². The van der Waals surface area contributed by atoms with E-state index in [1.54, 1.807) is 11.0 Å². The average molecular weight is 469 g/mol. The molecule has 0 aliphatic carbocycles. The Kier molecular flexibility index (Phi) is 8.47. The van der Waals surface area contributed by atoms with Crippen molar-refractivity contribution in [3.8, 4) is 0 Å². The molecular weight excluding hydrogens is 436 g/mol. The molecule has 0 bridgehead atoms. The summed E-state index contributed by atoms with van der Waals surface area (Å²) in [5.74, 6) is -0.121. The Hall–Kier alpha value is -3.70. The Bertz CT molecular complexity index is 1150. The molecule has 0 radical (unpaired) electrons. The SMILES string of the molecule is Cc1cccc(CN(C(=O)/C=C/c2ccccc2)c2ccc(CC(=O)NC[C@@H]3CCCO3)cc2)c1. The smallest absolute Gasteiger partial charge is 0.251 e. The third-order valence-corrected chi connectivity index (χ3v) is 6.07. The monoisotopic (exact) mass is 468 g/mol. The van der Waals surface area contributed by atoms with E-state index in [0.29, 0.717) is 19.5 Å². The van der Waals surface area contributed by atoms with E-state index in [4.69, 9.17) is 4.74 Å². The number of carbonyl (C=O) groups is 2. The molecule has 1 atom stereocenters. The lowest BCUT2D eigenvalue weighted by molar-refractivity contribution is -0.121. The van der Waals surface area contributed by atoms with Crippen molar-refractivity contribution in [2.24, 2.45) is 0 Å². The lowest BCUT2D eigenvalue weighted by Crippen LogP contribution is -2.32. The highest BCUT2D eigenvalue weighted by atomic mass is 16.5. The molecule has 0 aromatic heterocycles. The summed E-state index contributed by atoms with van der Waals surface area (Å²) in [5.41, 5.74) is 4.88. The van der Waals surface area contributed by atoms with E-state index in [2.05, 4.69) is 11.4 Å².